The molecule has 1 aliphatic heterocycles. The van der Waals surface area contributed by atoms with E-state index in [-0.39, 0.29) is 6.92 Å². The van der Waals surface area contributed by atoms with E-state index in [9.17, 15) is 0 Å². The summed E-state index contributed by atoms with van der Waals surface area (Å²) >= 11 is 3.50. The predicted octanol–water partition coefficient (Wildman–Crippen LogP) is 3.06. The van der Waals surface area contributed by atoms with E-state index in [1.165, 1.54) is 11.0 Å². The van der Waals surface area contributed by atoms with Gasteiger partial charge in [0, 0.05) is 11.0 Å². The Kier molecular flexibility index (Phi) is 3.83. The SMILES string of the molecule is CB1OCc2ccc(Oc3ccc(CN)c(Br)c3)cc21. The summed E-state index contributed by atoms with van der Waals surface area (Å²) in [5, 5.41) is 0. The number of halogens is 1. The first-order valence-corrected chi connectivity index (χ1v) is 7.37. The van der Waals surface area contributed by atoms with Crippen molar-refractivity contribution in [1.82, 2.24) is 0 Å². The van der Waals surface area contributed by atoms with Crippen LogP contribution in [-0.4, -0.2) is 6.92 Å². The molecule has 0 amide bonds. The van der Waals surface area contributed by atoms with Crippen molar-refractivity contribution in [3.63, 3.8) is 0 Å². The zero-order valence-corrected chi connectivity index (χ0v) is 12.8. The summed E-state index contributed by atoms with van der Waals surface area (Å²) in [6.07, 6.45) is 0. The molecule has 3 nitrogen and oxygen atoms in total. The molecule has 0 saturated carbocycles. The molecule has 0 bridgehead atoms. The largest absolute Gasteiger partial charge is 0.457 e. The van der Waals surface area contributed by atoms with Gasteiger partial charge in [0.1, 0.15) is 11.5 Å². The number of benzene rings is 2. The lowest BCUT2D eigenvalue weighted by atomic mass is 9.64. The maximum absolute atomic E-state index is 5.91. The topological polar surface area (TPSA) is 44.5 Å². The van der Waals surface area contributed by atoms with Gasteiger partial charge in [-0.3, -0.25) is 0 Å². The molecule has 0 atom stereocenters. The van der Waals surface area contributed by atoms with Gasteiger partial charge < -0.3 is 15.1 Å². The monoisotopic (exact) mass is 331 g/mol. The standard InChI is InChI=1S/C15H15BBrNO2/c1-16-14-6-12(5-3-11(14)9-19-16)20-13-4-2-10(8-18)15(17)7-13/h2-7H,8-9,18H2,1H3. The molecule has 20 heavy (non-hydrogen) atoms. The Bertz CT molecular complexity index is 648. The molecule has 1 heterocycles. The van der Waals surface area contributed by atoms with Crippen LogP contribution in [-0.2, 0) is 17.8 Å². The highest BCUT2D eigenvalue weighted by Gasteiger charge is 2.23. The van der Waals surface area contributed by atoms with Gasteiger partial charge in [0.25, 0.3) is 0 Å². The van der Waals surface area contributed by atoms with Crippen molar-refractivity contribution < 1.29 is 9.39 Å². The number of hydrogen-bond acceptors (Lipinski definition) is 3. The lowest BCUT2D eigenvalue weighted by Gasteiger charge is -2.09. The molecule has 0 unspecified atom stereocenters. The summed E-state index contributed by atoms with van der Waals surface area (Å²) in [6, 6.07) is 11.9. The van der Waals surface area contributed by atoms with Crippen molar-refractivity contribution in [2.24, 2.45) is 5.73 Å². The minimum absolute atomic E-state index is 0.139. The minimum atomic E-state index is 0.139. The number of rotatable bonds is 3. The minimum Gasteiger partial charge on any atom is -0.457 e. The second-order valence-electron chi connectivity index (χ2n) is 4.87. The van der Waals surface area contributed by atoms with Crippen LogP contribution in [0.2, 0.25) is 6.82 Å². The number of fused-ring (bicyclic) bond motifs is 1. The molecule has 0 spiro atoms. The van der Waals surface area contributed by atoms with Crippen LogP contribution in [0.1, 0.15) is 11.1 Å². The first kappa shape index (κ1) is 13.7. The summed E-state index contributed by atoms with van der Waals surface area (Å²) in [7, 11) is 0. The Morgan fingerprint density at radius 1 is 1.25 bits per heavy atom. The van der Waals surface area contributed by atoms with Crippen molar-refractivity contribution in [2.75, 3.05) is 0 Å². The van der Waals surface area contributed by atoms with E-state index in [0.29, 0.717) is 13.2 Å². The van der Waals surface area contributed by atoms with E-state index < -0.39 is 0 Å². The molecule has 0 fully saturated rings. The van der Waals surface area contributed by atoms with Crippen LogP contribution in [0.4, 0.5) is 0 Å². The second kappa shape index (κ2) is 5.60. The normalized spacial score (nSPS) is 13.4. The van der Waals surface area contributed by atoms with Crippen molar-refractivity contribution in [3.05, 3.63) is 52.0 Å². The Balaban J connectivity index is 1.85. The van der Waals surface area contributed by atoms with E-state index in [1.807, 2.05) is 24.3 Å². The van der Waals surface area contributed by atoms with Gasteiger partial charge in [-0.1, -0.05) is 34.9 Å². The Morgan fingerprint density at radius 3 is 2.75 bits per heavy atom. The predicted molar refractivity (Wildman–Crippen MR) is 84.6 cm³/mol. The first-order valence-electron chi connectivity index (χ1n) is 6.58. The third-order valence-electron chi connectivity index (χ3n) is 3.52. The van der Waals surface area contributed by atoms with Crippen LogP contribution in [0.15, 0.2) is 40.9 Å². The van der Waals surface area contributed by atoms with Crippen molar-refractivity contribution in [2.45, 2.75) is 20.0 Å². The maximum Gasteiger partial charge on any atom is 0.324 e. The van der Waals surface area contributed by atoms with Gasteiger partial charge in [-0.25, -0.2) is 0 Å². The van der Waals surface area contributed by atoms with Crippen LogP contribution in [0.3, 0.4) is 0 Å². The molecule has 1 aliphatic rings. The van der Waals surface area contributed by atoms with E-state index in [1.54, 1.807) is 0 Å². The zero-order chi connectivity index (χ0) is 14.1. The molecular weight excluding hydrogens is 317 g/mol. The summed E-state index contributed by atoms with van der Waals surface area (Å²) in [5.74, 6) is 1.62. The average molecular weight is 332 g/mol. The van der Waals surface area contributed by atoms with Crippen molar-refractivity contribution in [3.8, 4) is 11.5 Å². The highest BCUT2D eigenvalue weighted by Crippen LogP contribution is 2.27. The lowest BCUT2D eigenvalue weighted by molar-refractivity contribution is 0.333. The van der Waals surface area contributed by atoms with Crippen molar-refractivity contribution >= 4 is 28.3 Å². The van der Waals surface area contributed by atoms with E-state index in [4.69, 9.17) is 15.1 Å². The number of ether oxygens (including phenoxy) is 1. The molecule has 0 radical (unpaired) electrons. The van der Waals surface area contributed by atoms with Gasteiger partial charge in [-0.05, 0) is 40.9 Å². The molecular formula is C15H15BBrNO2. The Hall–Kier alpha value is -1.30. The average Bonchev–Trinajstić information content (AvgIpc) is 2.81. The smallest absolute Gasteiger partial charge is 0.324 e. The van der Waals surface area contributed by atoms with Gasteiger partial charge in [-0.2, -0.15) is 0 Å². The Morgan fingerprint density at radius 2 is 2.00 bits per heavy atom. The Labute approximate surface area is 127 Å². The molecule has 0 saturated heterocycles. The molecule has 2 N–H and O–H groups in total. The third-order valence-corrected chi connectivity index (χ3v) is 4.26. The molecule has 102 valence electrons. The number of nitrogens with two attached hydrogens (primary N) is 1. The van der Waals surface area contributed by atoms with Gasteiger partial charge in [0.15, 0.2) is 0 Å². The fraction of sp³-hybridized carbons (Fsp3) is 0.200. The molecule has 0 aliphatic carbocycles. The summed E-state index contributed by atoms with van der Waals surface area (Å²) in [6.45, 7) is 3.39. The highest BCUT2D eigenvalue weighted by molar-refractivity contribution is 9.10. The van der Waals surface area contributed by atoms with Crippen LogP contribution in [0, 0.1) is 0 Å². The van der Waals surface area contributed by atoms with Crippen LogP contribution >= 0.6 is 15.9 Å². The van der Waals surface area contributed by atoms with E-state index in [2.05, 4.69) is 34.9 Å². The van der Waals surface area contributed by atoms with Gasteiger partial charge in [0.2, 0.25) is 0 Å². The summed E-state index contributed by atoms with van der Waals surface area (Å²) in [5.41, 5.74) is 9.16. The van der Waals surface area contributed by atoms with Crippen LogP contribution in [0.25, 0.3) is 0 Å². The molecule has 2 aromatic carbocycles. The third kappa shape index (κ3) is 2.61. The number of hydrogen-bond donors (Lipinski definition) is 1. The molecule has 5 heteroatoms. The van der Waals surface area contributed by atoms with Crippen LogP contribution < -0.4 is 15.9 Å². The van der Waals surface area contributed by atoms with E-state index >= 15 is 0 Å². The van der Waals surface area contributed by atoms with E-state index in [0.717, 1.165) is 21.5 Å². The van der Waals surface area contributed by atoms with Gasteiger partial charge in [0.05, 0.1) is 6.61 Å². The highest BCUT2D eigenvalue weighted by atomic mass is 79.9. The fourth-order valence-electron chi connectivity index (χ4n) is 2.34. The van der Waals surface area contributed by atoms with Crippen molar-refractivity contribution in [1.29, 1.82) is 0 Å². The summed E-state index contributed by atoms with van der Waals surface area (Å²) in [4.78, 5) is 0. The fourth-order valence-corrected chi connectivity index (χ4v) is 2.86. The van der Waals surface area contributed by atoms with Crippen LogP contribution in [0.5, 0.6) is 11.5 Å². The first-order chi connectivity index (χ1) is 9.67. The second-order valence-corrected chi connectivity index (χ2v) is 5.73. The zero-order valence-electron chi connectivity index (χ0n) is 11.2. The molecule has 0 aromatic heterocycles. The van der Waals surface area contributed by atoms with Gasteiger partial charge in [-0.15, -0.1) is 0 Å². The lowest BCUT2D eigenvalue weighted by Crippen LogP contribution is -2.24. The maximum atomic E-state index is 5.91. The molecule has 3 rings (SSSR count). The van der Waals surface area contributed by atoms with Gasteiger partial charge >= 0.3 is 6.92 Å². The molecule has 2 aromatic rings. The summed E-state index contributed by atoms with van der Waals surface area (Å²) < 4.78 is 12.5. The quantitative estimate of drug-likeness (QED) is 0.879.